The fraction of sp³-hybridized carbons (Fsp3) is 0.267. The van der Waals surface area contributed by atoms with E-state index >= 15 is 0 Å². The smallest absolute Gasteiger partial charge is 0.357 e. The van der Waals surface area contributed by atoms with E-state index in [-0.39, 0.29) is 5.70 Å². The van der Waals surface area contributed by atoms with E-state index in [0.29, 0.717) is 6.61 Å². The number of nitrogens with zero attached hydrogens (tertiary/aromatic N) is 3. The average molecular weight is 303 g/mol. The van der Waals surface area contributed by atoms with E-state index in [9.17, 15) is 4.79 Å². The molecule has 0 unspecified atom stereocenters. The highest BCUT2D eigenvalue weighted by Crippen LogP contribution is 2.23. The molecular weight excluding hydrogens is 286 g/mol. The molecule has 21 heavy (non-hydrogen) atoms. The van der Waals surface area contributed by atoms with Crippen LogP contribution in [0.4, 0.5) is 0 Å². The summed E-state index contributed by atoms with van der Waals surface area (Å²) in [6.45, 7) is 2.08. The average Bonchev–Trinajstić information content (AvgIpc) is 2.85. The topological polar surface area (TPSA) is 54.8 Å². The van der Waals surface area contributed by atoms with Crippen LogP contribution >= 0.6 is 11.3 Å². The van der Waals surface area contributed by atoms with Gasteiger partial charge < -0.3 is 9.64 Å². The Balaban J connectivity index is 2.35. The summed E-state index contributed by atoms with van der Waals surface area (Å²) in [5, 5.41) is 0.732. The summed E-state index contributed by atoms with van der Waals surface area (Å²) in [4.78, 5) is 22.3. The van der Waals surface area contributed by atoms with Crippen LogP contribution in [0.5, 0.6) is 0 Å². The van der Waals surface area contributed by atoms with Gasteiger partial charge in [0.25, 0.3) is 0 Å². The molecule has 110 valence electrons. The van der Waals surface area contributed by atoms with Crippen LogP contribution in [-0.2, 0) is 9.53 Å². The lowest BCUT2D eigenvalue weighted by Gasteiger charge is -2.04. The Morgan fingerprint density at radius 3 is 2.86 bits per heavy atom. The van der Waals surface area contributed by atoms with Gasteiger partial charge in [0.1, 0.15) is 5.01 Å². The SMILES string of the molecule is CCOC(=O)/C(=C/c1nc2ccccc2s1)N=CN(C)C. The van der Waals surface area contributed by atoms with E-state index in [1.165, 1.54) is 11.3 Å². The molecule has 0 aliphatic rings. The Morgan fingerprint density at radius 1 is 1.43 bits per heavy atom. The number of fused-ring (bicyclic) bond motifs is 1. The maximum absolute atomic E-state index is 11.9. The van der Waals surface area contributed by atoms with Gasteiger partial charge in [-0.15, -0.1) is 11.3 Å². The molecule has 0 radical (unpaired) electrons. The molecule has 2 rings (SSSR count). The van der Waals surface area contributed by atoms with E-state index in [2.05, 4.69) is 9.98 Å². The normalized spacial score (nSPS) is 12.0. The molecule has 6 heteroatoms. The largest absolute Gasteiger partial charge is 0.461 e. The van der Waals surface area contributed by atoms with Crippen molar-refractivity contribution in [3.63, 3.8) is 0 Å². The second-order valence-electron chi connectivity index (χ2n) is 4.48. The van der Waals surface area contributed by atoms with Gasteiger partial charge in [0.2, 0.25) is 0 Å². The van der Waals surface area contributed by atoms with E-state index in [1.54, 1.807) is 24.2 Å². The number of rotatable bonds is 5. The minimum atomic E-state index is -0.449. The predicted octanol–water partition coefficient (Wildman–Crippen LogP) is 2.79. The van der Waals surface area contributed by atoms with E-state index < -0.39 is 5.97 Å². The Morgan fingerprint density at radius 2 is 2.19 bits per heavy atom. The standard InChI is InChI=1S/C15H17N3O2S/c1-4-20-15(19)12(16-10-18(2)3)9-14-17-11-7-5-6-8-13(11)21-14/h5-10H,4H2,1-3H3/b12-9-,16-10?. The molecule has 0 spiro atoms. The third kappa shape index (κ3) is 4.13. The molecule has 1 aromatic carbocycles. The molecule has 0 aliphatic heterocycles. The van der Waals surface area contributed by atoms with Crippen LogP contribution < -0.4 is 0 Å². The number of thiazole rings is 1. The van der Waals surface area contributed by atoms with Gasteiger partial charge >= 0.3 is 5.97 Å². The van der Waals surface area contributed by atoms with Crippen molar-refractivity contribution in [1.29, 1.82) is 0 Å². The van der Waals surface area contributed by atoms with Gasteiger partial charge in [-0.05, 0) is 19.1 Å². The first kappa shape index (κ1) is 15.2. The molecule has 0 saturated carbocycles. The summed E-state index contributed by atoms with van der Waals surface area (Å²) < 4.78 is 6.09. The fourth-order valence-electron chi connectivity index (χ4n) is 1.60. The minimum absolute atomic E-state index is 0.240. The van der Waals surface area contributed by atoms with Crippen molar-refractivity contribution in [3.8, 4) is 0 Å². The lowest BCUT2D eigenvalue weighted by Crippen LogP contribution is -2.11. The van der Waals surface area contributed by atoms with Crippen molar-refractivity contribution in [1.82, 2.24) is 9.88 Å². The van der Waals surface area contributed by atoms with E-state index in [0.717, 1.165) is 15.2 Å². The van der Waals surface area contributed by atoms with Gasteiger partial charge in [-0.1, -0.05) is 12.1 Å². The number of ether oxygens (including phenoxy) is 1. The van der Waals surface area contributed by atoms with Crippen molar-refractivity contribution in [2.24, 2.45) is 4.99 Å². The number of aliphatic imine (C=N–C) groups is 1. The molecule has 0 bridgehead atoms. The van der Waals surface area contributed by atoms with Gasteiger partial charge in [-0.2, -0.15) is 0 Å². The molecule has 0 N–H and O–H groups in total. The number of para-hydroxylation sites is 1. The number of benzene rings is 1. The van der Waals surface area contributed by atoms with Crippen LogP contribution in [0.2, 0.25) is 0 Å². The molecular formula is C15H17N3O2S. The van der Waals surface area contributed by atoms with Crippen LogP contribution in [0.25, 0.3) is 16.3 Å². The molecule has 0 saturated heterocycles. The Labute approximate surface area is 127 Å². The molecule has 5 nitrogen and oxygen atoms in total. The summed E-state index contributed by atoms with van der Waals surface area (Å²) in [6.07, 6.45) is 3.22. The van der Waals surface area contributed by atoms with Gasteiger partial charge in [0.15, 0.2) is 5.70 Å². The lowest BCUT2D eigenvalue weighted by molar-refractivity contribution is -0.138. The summed E-state index contributed by atoms with van der Waals surface area (Å²) in [6, 6.07) is 7.84. The maximum atomic E-state index is 11.9. The van der Waals surface area contributed by atoms with Gasteiger partial charge in [-0.25, -0.2) is 14.8 Å². The number of carbonyl (C=O) groups is 1. The Hall–Kier alpha value is -2.21. The van der Waals surface area contributed by atoms with Crippen molar-refractivity contribution in [2.45, 2.75) is 6.92 Å². The maximum Gasteiger partial charge on any atom is 0.357 e. The third-order valence-electron chi connectivity index (χ3n) is 2.48. The quantitative estimate of drug-likeness (QED) is 0.369. The van der Waals surface area contributed by atoms with Gasteiger partial charge in [-0.3, -0.25) is 0 Å². The predicted molar refractivity (Wildman–Crippen MR) is 86.4 cm³/mol. The van der Waals surface area contributed by atoms with Crippen LogP contribution in [0, 0.1) is 0 Å². The van der Waals surface area contributed by atoms with Crippen molar-refractivity contribution in [2.75, 3.05) is 20.7 Å². The van der Waals surface area contributed by atoms with Crippen LogP contribution in [0.3, 0.4) is 0 Å². The first-order chi connectivity index (χ1) is 10.1. The highest BCUT2D eigenvalue weighted by molar-refractivity contribution is 7.19. The molecule has 2 aromatic rings. The Kier molecular flexibility index (Phi) is 5.05. The zero-order valence-electron chi connectivity index (χ0n) is 12.2. The minimum Gasteiger partial charge on any atom is -0.461 e. The van der Waals surface area contributed by atoms with Crippen molar-refractivity contribution < 1.29 is 9.53 Å². The number of hydrogen-bond donors (Lipinski definition) is 0. The summed E-state index contributed by atoms with van der Waals surface area (Å²) >= 11 is 1.51. The lowest BCUT2D eigenvalue weighted by atomic mass is 10.3. The molecule has 0 fully saturated rings. The second kappa shape index (κ2) is 6.99. The van der Waals surface area contributed by atoms with E-state index in [4.69, 9.17) is 4.74 Å². The number of aromatic nitrogens is 1. The number of hydrogen-bond acceptors (Lipinski definition) is 5. The first-order valence-electron chi connectivity index (χ1n) is 6.55. The molecule has 0 amide bonds. The first-order valence-corrected chi connectivity index (χ1v) is 7.37. The second-order valence-corrected chi connectivity index (χ2v) is 5.54. The number of carbonyl (C=O) groups excluding carboxylic acids is 1. The van der Waals surface area contributed by atoms with Crippen LogP contribution in [0.15, 0.2) is 35.0 Å². The summed E-state index contributed by atoms with van der Waals surface area (Å²) in [7, 11) is 3.67. The number of esters is 1. The van der Waals surface area contributed by atoms with Crippen molar-refractivity contribution in [3.05, 3.63) is 35.0 Å². The van der Waals surface area contributed by atoms with Gasteiger partial charge in [0, 0.05) is 20.2 Å². The highest BCUT2D eigenvalue weighted by atomic mass is 32.1. The van der Waals surface area contributed by atoms with Gasteiger partial charge in [0.05, 0.1) is 23.2 Å². The molecule has 1 heterocycles. The van der Waals surface area contributed by atoms with E-state index in [1.807, 2.05) is 38.4 Å². The molecule has 0 aliphatic carbocycles. The van der Waals surface area contributed by atoms with Crippen molar-refractivity contribution >= 4 is 39.9 Å². The zero-order valence-corrected chi connectivity index (χ0v) is 13.1. The Bertz CT molecular complexity index is 656. The monoisotopic (exact) mass is 303 g/mol. The van der Waals surface area contributed by atoms with Crippen LogP contribution in [-0.4, -0.2) is 42.9 Å². The summed E-state index contributed by atoms with van der Waals surface area (Å²) in [5.74, 6) is -0.449. The fourth-order valence-corrected chi connectivity index (χ4v) is 2.51. The molecule has 1 aromatic heterocycles. The molecule has 0 atom stereocenters. The zero-order chi connectivity index (χ0) is 15.2. The highest BCUT2D eigenvalue weighted by Gasteiger charge is 2.11. The third-order valence-corrected chi connectivity index (χ3v) is 3.47. The summed E-state index contributed by atoms with van der Waals surface area (Å²) in [5.41, 5.74) is 1.15. The van der Waals surface area contributed by atoms with Crippen LogP contribution in [0.1, 0.15) is 11.9 Å².